The van der Waals surface area contributed by atoms with Crippen molar-refractivity contribution < 1.29 is 4.79 Å². The Labute approximate surface area is 87.9 Å². The minimum Gasteiger partial charge on any atom is -0.299 e. The van der Waals surface area contributed by atoms with Crippen LogP contribution in [-0.2, 0) is 4.79 Å². The summed E-state index contributed by atoms with van der Waals surface area (Å²) in [5, 5.41) is 0. The SMILES string of the molecule is C=CCC(CC)C(=O)C(CC)CC=C. The van der Waals surface area contributed by atoms with Gasteiger partial charge in [0.1, 0.15) is 5.78 Å². The highest BCUT2D eigenvalue weighted by Crippen LogP contribution is 2.20. The van der Waals surface area contributed by atoms with Crippen LogP contribution >= 0.6 is 0 Å². The number of ketones is 1. The first kappa shape index (κ1) is 13.2. The molecule has 0 spiro atoms. The molecule has 0 radical (unpaired) electrons. The largest absolute Gasteiger partial charge is 0.299 e. The Bertz CT molecular complexity index is 173. The molecule has 1 heteroatoms. The van der Waals surface area contributed by atoms with Gasteiger partial charge in [0.2, 0.25) is 0 Å². The molecule has 80 valence electrons. The van der Waals surface area contributed by atoms with Crippen molar-refractivity contribution >= 4 is 5.78 Å². The van der Waals surface area contributed by atoms with Crippen molar-refractivity contribution in [3.8, 4) is 0 Å². The van der Waals surface area contributed by atoms with Gasteiger partial charge in [0.05, 0.1) is 0 Å². The van der Waals surface area contributed by atoms with Crippen LogP contribution in [0.25, 0.3) is 0 Å². The maximum absolute atomic E-state index is 12.0. The normalized spacial score (nSPS) is 14.4. The van der Waals surface area contributed by atoms with Crippen molar-refractivity contribution in [2.45, 2.75) is 39.5 Å². The number of allylic oxidation sites excluding steroid dienone is 2. The summed E-state index contributed by atoms with van der Waals surface area (Å²) in [5.41, 5.74) is 0. The van der Waals surface area contributed by atoms with Gasteiger partial charge in [0.25, 0.3) is 0 Å². The van der Waals surface area contributed by atoms with Gasteiger partial charge in [0, 0.05) is 11.8 Å². The standard InChI is InChI=1S/C13H22O/c1-5-9-11(7-3)13(14)12(8-4)10-6-2/h5-6,11-12H,1-2,7-10H2,3-4H3. The number of hydrogen-bond donors (Lipinski definition) is 0. The first-order valence-corrected chi connectivity index (χ1v) is 5.46. The topological polar surface area (TPSA) is 17.1 Å². The van der Waals surface area contributed by atoms with Crippen LogP contribution in [0, 0.1) is 11.8 Å². The molecule has 0 amide bonds. The summed E-state index contributed by atoms with van der Waals surface area (Å²) in [6.07, 6.45) is 7.13. The molecule has 0 aliphatic carbocycles. The molecule has 0 saturated heterocycles. The van der Waals surface area contributed by atoms with Crippen LogP contribution in [0.5, 0.6) is 0 Å². The van der Waals surface area contributed by atoms with Crippen LogP contribution in [0.2, 0.25) is 0 Å². The minimum atomic E-state index is 0.164. The zero-order valence-corrected chi connectivity index (χ0v) is 9.46. The molecular weight excluding hydrogens is 172 g/mol. The van der Waals surface area contributed by atoms with E-state index >= 15 is 0 Å². The molecule has 2 unspecified atom stereocenters. The number of hydrogen-bond acceptors (Lipinski definition) is 1. The smallest absolute Gasteiger partial charge is 0.139 e. The summed E-state index contributed by atoms with van der Waals surface area (Å²) in [6, 6.07) is 0. The van der Waals surface area contributed by atoms with Gasteiger partial charge in [-0.1, -0.05) is 26.0 Å². The lowest BCUT2D eigenvalue weighted by Gasteiger charge is -2.18. The molecule has 0 rings (SSSR count). The Morgan fingerprint density at radius 2 is 1.43 bits per heavy atom. The Morgan fingerprint density at radius 3 is 1.64 bits per heavy atom. The molecule has 0 heterocycles. The maximum Gasteiger partial charge on any atom is 0.139 e. The highest BCUT2D eigenvalue weighted by Gasteiger charge is 2.22. The van der Waals surface area contributed by atoms with Crippen molar-refractivity contribution in [3.05, 3.63) is 25.3 Å². The van der Waals surface area contributed by atoms with Crippen LogP contribution in [0.15, 0.2) is 25.3 Å². The zero-order valence-electron chi connectivity index (χ0n) is 9.46. The number of carbonyl (C=O) groups excluding carboxylic acids is 1. The molecule has 0 aromatic carbocycles. The van der Waals surface area contributed by atoms with E-state index in [1.165, 1.54) is 0 Å². The second kappa shape index (κ2) is 7.54. The number of Topliss-reactive ketones (excluding diaryl/α,β-unsaturated/α-hetero) is 1. The lowest BCUT2D eigenvalue weighted by molar-refractivity contribution is -0.126. The average molecular weight is 194 g/mol. The van der Waals surface area contributed by atoms with E-state index in [-0.39, 0.29) is 11.8 Å². The van der Waals surface area contributed by atoms with E-state index < -0.39 is 0 Å². The molecular formula is C13H22O. The lowest BCUT2D eigenvalue weighted by atomic mass is 9.85. The van der Waals surface area contributed by atoms with E-state index in [1.54, 1.807) is 0 Å². The predicted molar refractivity (Wildman–Crippen MR) is 62.2 cm³/mol. The van der Waals surface area contributed by atoms with Crippen LogP contribution in [0.4, 0.5) is 0 Å². The van der Waals surface area contributed by atoms with Gasteiger partial charge in [-0.05, 0) is 25.7 Å². The molecule has 0 aliphatic rings. The molecule has 0 aliphatic heterocycles. The summed E-state index contributed by atoms with van der Waals surface area (Å²) < 4.78 is 0. The summed E-state index contributed by atoms with van der Waals surface area (Å²) in [6.45, 7) is 11.5. The van der Waals surface area contributed by atoms with Crippen LogP contribution in [0.1, 0.15) is 39.5 Å². The van der Waals surface area contributed by atoms with E-state index in [1.807, 2.05) is 12.2 Å². The predicted octanol–water partition coefficient (Wildman–Crippen LogP) is 3.76. The molecule has 0 fully saturated rings. The van der Waals surface area contributed by atoms with E-state index in [9.17, 15) is 4.79 Å². The highest BCUT2D eigenvalue weighted by molar-refractivity contribution is 5.83. The first-order chi connectivity index (χ1) is 6.71. The quantitative estimate of drug-likeness (QED) is 0.538. The van der Waals surface area contributed by atoms with Gasteiger partial charge in [-0.25, -0.2) is 0 Å². The van der Waals surface area contributed by atoms with E-state index in [4.69, 9.17) is 0 Å². The third-order valence-corrected chi connectivity index (χ3v) is 2.69. The third kappa shape index (κ3) is 3.91. The second-order valence-corrected chi connectivity index (χ2v) is 3.66. The van der Waals surface area contributed by atoms with Crippen molar-refractivity contribution in [1.82, 2.24) is 0 Å². The number of carbonyl (C=O) groups is 1. The van der Waals surface area contributed by atoms with Gasteiger partial charge < -0.3 is 0 Å². The molecule has 2 atom stereocenters. The Hall–Kier alpha value is -0.850. The van der Waals surface area contributed by atoms with Crippen molar-refractivity contribution in [1.29, 1.82) is 0 Å². The Balaban J connectivity index is 4.35. The van der Waals surface area contributed by atoms with Gasteiger partial charge in [-0.3, -0.25) is 4.79 Å². The molecule has 0 N–H and O–H groups in total. The van der Waals surface area contributed by atoms with Crippen LogP contribution < -0.4 is 0 Å². The zero-order chi connectivity index (χ0) is 11.0. The molecule has 0 saturated carbocycles. The Kier molecular flexibility index (Phi) is 7.09. The van der Waals surface area contributed by atoms with Crippen molar-refractivity contribution in [2.75, 3.05) is 0 Å². The minimum absolute atomic E-state index is 0.164. The van der Waals surface area contributed by atoms with E-state index in [0.29, 0.717) is 5.78 Å². The van der Waals surface area contributed by atoms with Gasteiger partial charge in [0.15, 0.2) is 0 Å². The fourth-order valence-electron chi connectivity index (χ4n) is 1.70. The van der Waals surface area contributed by atoms with Crippen molar-refractivity contribution in [3.63, 3.8) is 0 Å². The second-order valence-electron chi connectivity index (χ2n) is 3.66. The monoisotopic (exact) mass is 194 g/mol. The molecule has 1 nitrogen and oxygen atoms in total. The average Bonchev–Trinajstić information content (AvgIpc) is 2.21. The van der Waals surface area contributed by atoms with Gasteiger partial charge in [-0.2, -0.15) is 0 Å². The molecule has 0 aromatic rings. The number of rotatable bonds is 8. The van der Waals surface area contributed by atoms with E-state index in [2.05, 4.69) is 27.0 Å². The van der Waals surface area contributed by atoms with Crippen LogP contribution in [0.3, 0.4) is 0 Å². The third-order valence-electron chi connectivity index (χ3n) is 2.69. The highest BCUT2D eigenvalue weighted by atomic mass is 16.1. The molecule has 0 bridgehead atoms. The molecule has 14 heavy (non-hydrogen) atoms. The van der Waals surface area contributed by atoms with Crippen LogP contribution in [-0.4, -0.2) is 5.78 Å². The Morgan fingerprint density at radius 1 is 1.07 bits per heavy atom. The van der Waals surface area contributed by atoms with Gasteiger partial charge >= 0.3 is 0 Å². The summed E-state index contributed by atoms with van der Waals surface area (Å²) >= 11 is 0. The van der Waals surface area contributed by atoms with E-state index in [0.717, 1.165) is 25.7 Å². The fourth-order valence-corrected chi connectivity index (χ4v) is 1.70. The summed E-state index contributed by atoms with van der Waals surface area (Å²) in [5.74, 6) is 0.713. The maximum atomic E-state index is 12.0. The summed E-state index contributed by atoms with van der Waals surface area (Å²) in [4.78, 5) is 12.0. The summed E-state index contributed by atoms with van der Waals surface area (Å²) in [7, 11) is 0. The van der Waals surface area contributed by atoms with Gasteiger partial charge in [-0.15, -0.1) is 13.2 Å². The van der Waals surface area contributed by atoms with Crippen molar-refractivity contribution in [2.24, 2.45) is 11.8 Å². The first-order valence-electron chi connectivity index (χ1n) is 5.46. The fraction of sp³-hybridized carbons (Fsp3) is 0.615. The lowest BCUT2D eigenvalue weighted by Crippen LogP contribution is -2.22. The molecule has 0 aromatic heterocycles.